The number of halogens is 1. The second kappa shape index (κ2) is 5.94. The third-order valence-electron chi connectivity index (χ3n) is 1.79. The van der Waals surface area contributed by atoms with Crippen LogP contribution < -0.4 is 0 Å². The van der Waals surface area contributed by atoms with Crippen molar-refractivity contribution in [3.8, 4) is 0 Å². The molecule has 1 rings (SSSR count). The van der Waals surface area contributed by atoms with Gasteiger partial charge in [-0.3, -0.25) is 0 Å². The molecule has 1 atom stereocenters. The van der Waals surface area contributed by atoms with Gasteiger partial charge in [0.05, 0.1) is 0 Å². The number of aryl methyl sites for hydroxylation is 1. The SMILES string of the molecule is CCc1ccc(CSC(C)CCl)s1. The van der Waals surface area contributed by atoms with E-state index < -0.39 is 0 Å². The van der Waals surface area contributed by atoms with E-state index in [0.717, 1.165) is 18.1 Å². The van der Waals surface area contributed by atoms with Crippen molar-refractivity contribution in [2.45, 2.75) is 31.3 Å². The van der Waals surface area contributed by atoms with E-state index in [9.17, 15) is 0 Å². The maximum absolute atomic E-state index is 5.73. The van der Waals surface area contributed by atoms with Crippen molar-refractivity contribution in [2.24, 2.45) is 0 Å². The lowest BCUT2D eigenvalue weighted by atomic mass is 10.4. The molecular weight excluding hydrogens is 220 g/mol. The Bertz CT molecular complexity index is 245. The molecule has 1 aromatic heterocycles. The van der Waals surface area contributed by atoms with Crippen LogP contribution in [0.1, 0.15) is 23.6 Å². The van der Waals surface area contributed by atoms with Crippen molar-refractivity contribution in [2.75, 3.05) is 5.88 Å². The van der Waals surface area contributed by atoms with Crippen LogP contribution in [0.25, 0.3) is 0 Å². The summed E-state index contributed by atoms with van der Waals surface area (Å²) in [5, 5.41) is 0.564. The zero-order valence-corrected chi connectivity index (χ0v) is 10.4. The third-order valence-corrected chi connectivity index (χ3v) is 5.06. The molecule has 74 valence electrons. The molecule has 0 aliphatic heterocycles. The molecule has 0 N–H and O–H groups in total. The minimum absolute atomic E-state index is 0.564. The summed E-state index contributed by atoms with van der Waals surface area (Å²) in [7, 11) is 0. The number of thiophene rings is 1. The molecule has 0 nitrogen and oxygen atoms in total. The number of alkyl halides is 1. The number of rotatable bonds is 5. The van der Waals surface area contributed by atoms with E-state index in [1.54, 1.807) is 0 Å². The summed E-state index contributed by atoms with van der Waals surface area (Å²) >= 11 is 9.59. The van der Waals surface area contributed by atoms with E-state index >= 15 is 0 Å². The van der Waals surface area contributed by atoms with Crippen LogP contribution in [0, 0.1) is 0 Å². The largest absolute Gasteiger partial charge is 0.152 e. The van der Waals surface area contributed by atoms with Gasteiger partial charge in [0.2, 0.25) is 0 Å². The zero-order chi connectivity index (χ0) is 9.68. The Morgan fingerprint density at radius 2 is 2.15 bits per heavy atom. The van der Waals surface area contributed by atoms with Gasteiger partial charge in [-0.1, -0.05) is 13.8 Å². The Hall–Kier alpha value is 0.340. The molecule has 0 aromatic carbocycles. The molecule has 0 fully saturated rings. The summed E-state index contributed by atoms with van der Waals surface area (Å²) in [6, 6.07) is 4.46. The summed E-state index contributed by atoms with van der Waals surface area (Å²) in [4.78, 5) is 2.95. The van der Waals surface area contributed by atoms with Crippen molar-refractivity contribution >= 4 is 34.7 Å². The van der Waals surface area contributed by atoms with Crippen LogP contribution in [0.5, 0.6) is 0 Å². The van der Waals surface area contributed by atoms with Gasteiger partial charge in [0.1, 0.15) is 0 Å². The minimum atomic E-state index is 0.564. The number of thioether (sulfide) groups is 1. The molecule has 0 saturated heterocycles. The Morgan fingerprint density at radius 3 is 2.69 bits per heavy atom. The third kappa shape index (κ3) is 3.92. The van der Waals surface area contributed by atoms with Crippen LogP contribution in [-0.2, 0) is 12.2 Å². The Labute approximate surface area is 93.7 Å². The molecule has 0 spiro atoms. The zero-order valence-electron chi connectivity index (χ0n) is 8.05. The molecule has 1 unspecified atom stereocenters. The van der Waals surface area contributed by atoms with Crippen molar-refractivity contribution < 1.29 is 0 Å². The van der Waals surface area contributed by atoms with Crippen molar-refractivity contribution in [1.29, 1.82) is 0 Å². The van der Waals surface area contributed by atoms with Gasteiger partial charge < -0.3 is 0 Å². The van der Waals surface area contributed by atoms with Gasteiger partial charge in [0.25, 0.3) is 0 Å². The second-order valence-corrected chi connectivity index (χ2v) is 5.99. The normalized spacial score (nSPS) is 13.2. The van der Waals surface area contributed by atoms with Gasteiger partial charge in [-0.05, 0) is 18.6 Å². The van der Waals surface area contributed by atoms with E-state index in [0.29, 0.717) is 5.25 Å². The van der Waals surface area contributed by atoms with Crippen molar-refractivity contribution in [3.05, 3.63) is 21.9 Å². The molecule has 0 aliphatic carbocycles. The Balaban J connectivity index is 2.36. The van der Waals surface area contributed by atoms with Gasteiger partial charge in [0.15, 0.2) is 0 Å². The van der Waals surface area contributed by atoms with E-state index in [-0.39, 0.29) is 0 Å². The van der Waals surface area contributed by atoms with Crippen LogP contribution >= 0.6 is 34.7 Å². The van der Waals surface area contributed by atoms with E-state index in [1.165, 1.54) is 9.75 Å². The molecule has 0 bridgehead atoms. The highest BCUT2D eigenvalue weighted by molar-refractivity contribution is 7.99. The predicted molar refractivity (Wildman–Crippen MR) is 65.2 cm³/mol. The Morgan fingerprint density at radius 1 is 1.46 bits per heavy atom. The summed E-state index contributed by atoms with van der Waals surface area (Å²) in [5.74, 6) is 1.86. The maximum atomic E-state index is 5.73. The molecule has 1 aromatic rings. The highest BCUT2D eigenvalue weighted by Crippen LogP contribution is 2.24. The molecule has 3 heteroatoms. The molecule has 1 heterocycles. The first kappa shape index (κ1) is 11.4. The number of hydrogen-bond acceptors (Lipinski definition) is 2. The van der Waals surface area contributed by atoms with Crippen LogP contribution in [0.15, 0.2) is 12.1 Å². The minimum Gasteiger partial charge on any atom is -0.152 e. The van der Waals surface area contributed by atoms with Gasteiger partial charge in [-0.15, -0.1) is 22.9 Å². The second-order valence-electron chi connectivity index (χ2n) is 3.00. The summed E-state index contributed by atoms with van der Waals surface area (Å²) in [5.41, 5.74) is 0. The first-order chi connectivity index (χ1) is 6.26. The van der Waals surface area contributed by atoms with Gasteiger partial charge in [-0.25, -0.2) is 0 Å². The lowest BCUT2D eigenvalue weighted by molar-refractivity contribution is 1.12. The molecule has 0 saturated carbocycles. The first-order valence-electron chi connectivity index (χ1n) is 4.51. The van der Waals surface area contributed by atoms with Gasteiger partial charge in [0, 0.05) is 26.6 Å². The average molecular weight is 235 g/mol. The molecule has 0 radical (unpaired) electrons. The highest BCUT2D eigenvalue weighted by atomic mass is 35.5. The topological polar surface area (TPSA) is 0 Å². The summed E-state index contributed by atoms with van der Waals surface area (Å²) < 4.78 is 0. The maximum Gasteiger partial charge on any atom is 0.0340 e. The molecule has 13 heavy (non-hydrogen) atoms. The molecular formula is C10H15ClS2. The van der Waals surface area contributed by atoms with Crippen molar-refractivity contribution in [3.63, 3.8) is 0 Å². The van der Waals surface area contributed by atoms with Gasteiger partial charge in [-0.2, -0.15) is 11.8 Å². The monoisotopic (exact) mass is 234 g/mol. The summed E-state index contributed by atoms with van der Waals surface area (Å²) in [6.45, 7) is 4.37. The average Bonchev–Trinajstić information content (AvgIpc) is 2.61. The summed E-state index contributed by atoms with van der Waals surface area (Å²) in [6.07, 6.45) is 1.15. The van der Waals surface area contributed by atoms with Crippen LogP contribution in [0.4, 0.5) is 0 Å². The Kier molecular flexibility index (Phi) is 5.22. The van der Waals surface area contributed by atoms with Crippen LogP contribution in [0.2, 0.25) is 0 Å². The first-order valence-corrected chi connectivity index (χ1v) is 6.91. The van der Waals surface area contributed by atoms with Crippen LogP contribution in [0.3, 0.4) is 0 Å². The lowest BCUT2D eigenvalue weighted by Crippen LogP contribution is -1.96. The molecule has 0 amide bonds. The van der Waals surface area contributed by atoms with Gasteiger partial charge >= 0.3 is 0 Å². The fourth-order valence-electron chi connectivity index (χ4n) is 0.959. The number of hydrogen-bond donors (Lipinski definition) is 0. The smallest absolute Gasteiger partial charge is 0.0340 e. The van der Waals surface area contributed by atoms with E-state index in [2.05, 4.69) is 26.0 Å². The standard InChI is InChI=1S/C10H15ClS2/c1-3-9-4-5-10(13-9)7-12-8(2)6-11/h4-5,8H,3,6-7H2,1-2H3. The highest BCUT2D eigenvalue weighted by Gasteiger charge is 2.03. The fraction of sp³-hybridized carbons (Fsp3) is 0.600. The lowest BCUT2D eigenvalue weighted by Gasteiger charge is -2.04. The fourth-order valence-corrected chi connectivity index (χ4v) is 3.05. The van der Waals surface area contributed by atoms with Crippen molar-refractivity contribution in [1.82, 2.24) is 0 Å². The van der Waals surface area contributed by atoms with E-state index in [1.807, 2.05) is 23.1 Å². The quantitative estimate of drug-likeness (QED) is 0.690. The van der Waals surface area contributed by atoms with Crippen LogP contribution in [-0.4, -0.2) is 11.1 Å². The molecule has 0 aliphatic rings. The van der Waals surface area contributed by atoms with E-state index in [4.69, 9.17) is 11.6 Å². The predicted octanol–water partition coefficient (Wildman–Crippen LogP) is 4.17.